The van der Waals surface area contributed by atoms with Crippen LogP contribution in [-0.2, 0) is 0 Å². The molecule has 0 amide bonds. The predicted octanol–water partition coefficient (Wildman–Crippen LogP) is 15.7. The van der Waals surface area contributed by atoms with Gasteiger partial charge in [0.1, 0.15) is 11.1 Å². The second-order valence-corrected chi connectivity index (χ2v) is 14.9. The van der Waals surface area contributed by atoms with E-state index in [1.807, 2.05) is 0 Å². The Kier molecular flexibility index (Phi) is 8.49. The molecule has 11 rings (SSSR count). The lowest BCUT2D eigenvalue weighted by molar-refractivity contribution is 0.674. The highest BCUT2D eigenvalue weighted by Gasteiger charge is 2.24. The van der Waals surface area contributed by atoms with Crippen molar-refractivity contribution in [2.75, 3.05) is 4.90 Å². The molecule has 3 nitrogen and oxygen atoms in total. The summed E-state index contributed by atoms with van der Waals surface area (Å²) in [5, 5.41) is 2.17. The molecule has 3 heteroatoms. The molecule has 0 radical (unpaired) electrons. The Morgan fingerprint density at radius 3 is 1.56 bits per heavy atom. The summed E-state index contributed by atoms with van der Waals surface area (Å²) >= 11 is 0. The summed E-state index contributed by atoms with van der Waals surface area (Å²) in [6.07, 6.45) is 0. The minimum Gasteiger partial charge on any atom is -0.453 e. The van der Waals surface area contributed by atoms with Crippen LogP contribution in [-0.4, -0.2) is 4.57 Å². The molecule has 0 N–H and O–H groups in total. The maximum absolute atomic E-state index is 7.04. The molecule has 0 saturated heterocycles. The van der Waals surface area contributed by atoms with E-state index >= 15 is 0 Å². The van der Waals surface area contributed by atoms with Crippen LogP contribution in [0, 0.1) is 0 Å². The molecule has 0 unspecified atom stereocenters. The molecule has 2 aromatic heterocycles. The van der Waals surface area contributed by atoms with Crippen molar-refractivity contribution in [1.29, 1.82) is 0 Å². The number of hydrogen-bond donors (Lipinski definition) is 0. The molecule has 0 spiro atoms. The topological polar surface area (TPSA) is 21.3 Å². The smallest absolute Gasteiger partial charge is 0.161 e. The fourth-order valence-electron chi connectivity index (χ4n) is 8.62. The number of hydrogen-bond acceptors (Lipinski definition) is 2. The van der Waals surface area contributed by atoms with Crippen LogP contribution >= 0.6 is 0 Å². The number of anilines is 3. The van der Waals surface area contributed by atoms with Crippen LogP contribution in [0.1, 0.15) is 0 Å². The Bertz CT molecular complexity index is 3240. The zero-order valence-corrected chi connectivity index (χ0v) is 32.2. The van der Waals surface area contributed by atoms with Crippen molar-refractivity contribution < 1.29 is 4.42 Å². The van der Waals surface area contributed by atoms with Crippen LogP contribution in [0.25, 0.3) is 83.2 Å². The third kappa shape index (κ3) is 6.08. The van der Waals surface area contributed by atoms with Gasteiger partial charge < -0.3 is 13.9 Å². The average Bonchev–Trinajstić information content (AvgIpc) is 3.86. The first kappa shape index (κ1) is 34.4. The minimum atomic E-state index is 0.868. The number of furan rings is 1. The van der Waals surface area contributed by atoms with E-state index in [0.29, 0.717) is 0 Å². The van der Waals surface area contributed by atoms with Gasteiger partial charge in [-0.1, -0.05) is 170 Å². The first-order valence-corrected chi connectivity index (χ1v) is 20.1. The van der Waals surface area contributed by atoms with E-state index in [-0.39, 0.29) is 0 Å². The lowest BCUT2D eigenvalue weighted by atomic mass is 9.98. The van der Waals surface area contributed by atoms with Gasteiger partial charge in [0.25, 0.3) is 0 Å². The Labute approximate surface area is 343 Å². The van der Waals surface area contributed by atoms with Crippen LogP contribution in [0.4, 0.5) is 17.1 Å². The monoisotopic (exact) mass is 754 g/mol. The van der Waals surface area contributed by atoms with E-state index in [2.05, 4.69) is 240 Å². The Morgan fingerprint density at radius 2 is 0.847 bits per heavy atom. The van der Waals surface area contributed by atoms with Crippen molar-refractivity contribution in [2.24, 2.45) is 0 Å². The summed E-state index contributed by atoms with van der Waals surface area (Å²) in [6.45, 7) is 0. The van der Waals surface area contributed by atoms with Crippen LogP contribution < -0.4 is 4.90 Å². The molecule has 278 valence electrons. The third-order valence-corrected chi connectivity index (χ3v) is 11.4. The third-order valence-electron chi connectivity index (χ3n) is 11.4. The van der Waals surface area contributed by atoms with Gasteiger partial charge in [-0.05, 0) is 94.0 Å². The minimum absolute atomic E-state index is 0.868. The van der Waals surface area contributed by atoms with Gasteiger partial charge in [0, 0.05) is 39.0 Å². The molecule has 2 heterocycles. The van der Waals surface area contributed by atoms with Crippen LogP contribution in [0.15, 0.2) is 235 Å². The fourth-order valence-corrected chi connectivity index (χ4v) is 8.62. The molecular formula is C56H38N2O. The maximum Gasteiger partial charge on any atom is 0.161 e. The lowest BCUT2D eigenvalue weighted by Gasteiger charge is -2.28. The molecule has 59 heavy (non-hydrogen) atoms. The highest BCUT2D eigenvalue weighted by atomic mass is 16.3. The van der Waals surface area contributed by atoms with Crippen molar-refractivity contribution in [2.45, 2.75) is 0 Å². The zero-order chi connectivity index (χ0) is 39.1. The number of rotatable bonds is 8. The van der Waals surface area contributed by atoms with Crippen molar-refractivity contribution in [3.63, 3.8) is 0 Å². The van der Waals surface area contributed by atoms with Crippen molar-refractivity contribution >= 4 is 50.0 Å². The van der Waals surface area contributed by atoms with Crippen molar-refractivity contribution in [3.8, 4) is 50.2 Å². The van der Waals surface area contributed by atoms with Crippen molar-refractivity contribution in [3.05, 3.63) is 231 Å². The standard InChI is InChI=1S/C56H38N2O/c1-4-16-39(17-5-1)41-30-32-42(33-31-41)43-34-36-46(37-35-43)57(47-23-14-20-44(38-47)40-18-6-2-7-19-40)52-28-12-10-24-48(52)49-26-15-27-51-54-56(59-55(49)51)50-25-11-13-29-53(50)58(54)45-21-8-3-9-22-45/h1-38H. The number of aromatic nitrogens is 1. The number of fused-ring (bicyclic) bond motifs is 5. The lowest BCUT2D eigenvalue weighted by Crippen LogP contribution is -2.11. The Hall–Kier alpha value is -7.88. The van der Waals surface area contributed by atoms with E-state index in [1.165, 1.54) is 22.3 Å². The number of nitrogens with zero attached hydrogens (tertiary/aromatic N) is 2. The molecule has 0 bridgehead atoms. The van der Waals surface area contributed by atoms with Gasteiger partial charge in [-0.25, -0.2) is 0 Å². The van der Waals surface area contributed by atoms with Gasteiger partial charge in [-0.15, -0.1) is 0 Å². The van der Waals surface area contributed by atoms with E-state index in [4.69, 9.17) is 4.42 Å². The zero-order valence-electron chi connectivity index (χ0n) is 32.2. The van der Waals surface area contributed by atoms with Crippen molar-refractivity contribution in [1.82, 2.24) is 4.57 Å². The fraction of sp³-hybridized carbons (Fsp3) is 0. The van der Waals surface area contributed by atoms with E-state index < -0.39 is 0 Å². The van der Waals surface area contributed by atoms with E-state index in [1.54, 1.807) is 0 Å². The molecule has 0 aliphatic carbocycles. The highest BCUT2D eigenvalue weighted by Crippen LogP contribution is 2.47. The van der Waals surface area contributed by atoms with Gasteiger partial charge in [-0.2, -0.15) is 0 Å². The second-order valence-electron chi connectivity index (χ2n) is 14.9. The van der Waals surface area contributed by atoms with Crippen LogP contribution in [0.3, 0.4) is 0 Å². The largest absolute Gasteiger partial charge is 0.453 e. The molecular weight excluding hydrogens is 717 g/mol. The molecule has 9 aromatic carbocycles. The van der Waals surface area contributed by atoms with E-state index in [9.17, 15) is 0 Å². The van der Waals surface area contributed by atoms with Gasteiger partial charge in [-0.3, -0.25) is 0 Å². The summed E-state index contributed by atoms with van der Waals surface area (Å²) in [5.74, 6) is 0. The average molecular weight is 755 g/mol. The van der Waals surface area contributed by atoms with Crippen LogP contribution in [0.2, 0.25) is 0 Å². The predicted molar refractivity (Wildman–Crippen MR) is 247 cm³/mol. The van der Waals surface area contributed by atoms with Gasteiger partial charge in [0.05, 0.1) is 11.2 Å². The highest BCUT2D eigenvalue weighted by molar-refractivity contribution is 6.19. The van der Waals surface area contributed by atoms with Gasteiger partial charge >= 0.3 is 0 Å². The summed E-state index contributed by atoms with van der Waals surface area (Å²) in [7, 11) is 0. The number of para-hydroxylation sites is 4. The Morgan fingerprint density at radius 1 is 0.339 bits per heavy atom. The summed E-state index contributed by atoms with van der Waals surface area (Å²) in [5.41, 5.74) is 17.5. The first-order chi connectivity index (χ1) is 29.3. The van der Waals surface area contributed by atoms with Gasteiger partial charge in [0.2, 0.25) is 0 Å². The summed E-state index contributed by atoms with van der Waals surface area (Å²) in [6, 6.07) is 82.1. The van der Waals surface area contributed by atoms with Gasteiger partial charge in [0.15, 0.2) is 5.58 Å². The first-order valence-electron chi connectivity index (χ1n) is 20.1. The SMILES string of the molecule is c1ccc(-c2ccc(-c3ccc(N(c4cccc(-c5ccccc5)c4)c4ccccc4-c4cccc5c4oc4c6ccccc6n(-c6ccccc6)c54)cc3)cc2)cc1. The quantitative estimate of drug-likeness (QED) is 0.154. The second kappa shape index (κ2) is 14.6. The summed E-state index contributed by atoms with van der Waals surface area (Å²) < 4.78 is 9.38. The molecule has 0 aliphatic rings. The maximum atomic E-state index is 7.04. The molecule has 0 atom stereocenters. The number of benzene rings is 9. The molecule has 0 fully saturated rings. The van der Waals surface area contributed by atoms with Crippen LogP contribution in [0.5, 0.6) is 0 Å². The Balaban J connectivity index is 1.07. The molecule has 11 aromatic rings. The summed E-state index contributed by atoms with van der Waals surface area (Å²) in [4.78, 5) is 2.38. The normalized spacial score (nSPS) is 11.4. The van der Waals surface area contributed by atoms with E-state index in [0.717, 1.165) is 78.0 Å². The molecule has 0 aliphatic heterocycles. The molecule has 0 saturated carbocycles.